The maximum absolute atomic E-state index is 10.9. The van der Waals surface area contributed by atoms with Gasteiger partial charge in [-0.2, -0.15) is 0 Å². The summed E-state index contributed by atoms with van der Waals surface area (Å²) in [6.07, 6.45) is 1.71. The number of hydrogen-bond acceptors (Lipinski definition) is 1. The second-order valence-corrected chi connectivity index (χ2v) is 3.97. The van der Waals surface area contributed by atoms with Crippen molar-refractivity contribution in [3.63, 3.8) is 0 Å². The fraction of sp³-hybridized carbons (Fsp3) is 0.417. The minimum Gasteiger partial charge on any atom is -0.481 e. The van der Waals surface area contributed by atoms with E-state index in [0.717, 1.165) is 12.8 Å². The van der Waals surface area contributed by atoms with Crippen LogP contribution in [0.2, 0.25) is 0 Å². The molecule has 1 aliphatic rings. The first-order valence-electron chi connectivity index (χ1n) is 4.99. The summed E-state index contributed by atoms with van der Waals surface area (Å²) in [6.45, 7) is 2.07. The van der Waals surface area contributed by atoms with Gasteiger partial charge >= 0.3 is 5.97 Å². The minimum absolute atomic E-state index is 0.0763. The first-order chi connectivity index (χ1) is 6.70. The van der Waals surface area contributed by atoms with E-state index in [1.54, 1.807) is 0 Å². The topological polar surface area (TPSA) is 37.3 Å². The summed E-state index contributed by atoms with van der Waals surface area (Å²) in [5, 5.41) is 8.98. The average molecular weight is 190 g/mol. The Hall–Kier alpha value is -1.31. The SMILES string of the molecule is CCC1(c2ccccc2)CC1C(=O)O. The highest BCUT2D eigenvalue weighted by atomic mass is 16.4. The molecule has 0 spiro atoms. The molecule has 2 atom stereocenters. The Bertz CT molecular complexity index is 345. The van der Waals surface area contributed by atoms with E-state index >= 15 is 0 Å². The summed E-state index contributed by atoms with van der Waals surface area (Å²) >= 11 is 0. The van der Waals surface area contributed by atoms with Crippen molar-refractivity contribution in [3.05, 3.63) is 35.9 Å². The van der Waals surface area contributed by atoms with Gasteiger partial charge in [0.2, 0.25) is 0 Å². The molecule has 1 N–H and O–H groups in total. The molecule has 0 aliphatic heterocycles. The third kappa shape index (κ3) is 1.22. The van der Waals surface area contributed by atoms with Crippen LogP contribution in [0.5, 0.6) is 0 Å². The van der Waals surface area contributed by atoms with Crippen LogP contribution in [0.1, 0.15) is 25.3 Å². The molecule has 2 heteroatoms. The Balaban J connectivity index is 2.29. The summed E-state index contributed by atoms with van der Waals surface area (Å²) in [4.78, 5) is 10.9. The molecule has 0 aromatic heterocycles. The monoisotopic (exact) mass is 190 g/mol. The van der Waals surface area contributed by atoms with E-state index in [1.165, 1.54) is 5.56 Å². The third-order valence-corrected chi connectivity index (χ3v) is 3.35. The molecule has 0 bridgehead atoms. The van der Waals surface area contributed by atoms with E-state index in [-0.39, 0.29) is 11.3 Å². The molecule has 2 unspecified atom stereocenters. The van der Waals surface area contributed by atoms with Crippen LogP contribution < -0.4 is 0 Å². The van der Waals surface area contributed by atoms with E-state index < -0.39 is 5.97 Å². The van der Waals surface area contributed by atoms with Crippen molar-refractivity contribution in [1.82, 2.24) is 0 Å². The predicted molar refractivity (Wildman–Crippen MR) is 54.2 cm³/mol. The summed E-state index contributed by atoms with van der Waals surface area (Å²) in [5.41, 5.74) is 1.10. The van der Waals surface area contributed by atoms with Crippen molar-refractivity contribution in [2.45, 2.75) is 25.2 Å². The Labute approximate surface area is 83.6 Å². The molecule has 0 radical (unpaired) electrons. The van der Waals surface area contributed by atoms with Crippen molar-refractivity contribution in [2.24, 2.45) is 5.92 Å². The number of rotatable bonds is 3. The Morgan fingerprint density at radius 3 is 2.57 bits per heavy atom. The van der Waals surface area contributed by atoms with Gasteiger partial charge in [-0.1, -0.05) is 37.3 Å². The van der Waals surface area contributed by atoms with Gasteiger partial charge in [0.25, 0.3) is 0 Å². The Morgan fingerprint density at radius 2 is 2.14 bits per heavy atom. The molecule has 2 nitrogen and oxygen atoms in total. The lowest BCUT2D eigenvalue weighted by molar-refractivity contribution is -0.139. The summed E-state index contributed by atoms with van der Waals surface area (Å²) in [6, 6.07) is 9.98. The molecule has 2 rings (SSSR count). The normalized spacial score (nSPS) is 29.9. The molecule has 1 fully saturated rings. The van der Waals surface area contributed by atoms with Gasteiger partial charge in [0.05, 0.1) is 5.92 Å². The smallest absolute Gasteiger partial charge is 0.307 e. The summed E-state index contributed by atoms with van der Waals surface area (Å²) < 4.78 is 0. The van der Waals surface area contributed by atoms with Crippen molar-refractivity contribution in [2.75, 3.05) is 0 Å². The first-order valence-corrected chi connectivity index (χ1v) is 4.99. The molecular weight excluding hydrogens is 176 g/mol. The molecule has 1 aromatic rings. The van der Waals surface area contributed by atoms with Crippen LogP contribution in [0.4, 0.5) is 0 Å². The maximum atomic E-state index is 10.9. The van der Waals surface area contributed by atoms with Crippen LogP contribution in [0.3, 0.4) is 0 Å². The second-order valence-electron chi connectivity index (χ2n) is 3.97. The van der Waals surface area contributed by atoms with Gasteiger partial charge in [0.15, 0.2) is 0 Å². The van der Waals surface area contributed by atoms with Gasteiger partial charge in [-0.25, -0.2) is 0 Å². The molecule has 0 amide bonds. The predicted octanol–water partition coefficient (Wildman–Crippen LogP) is 2.44. The molecule has 1 aromatic carbocycles. The van der Waals surface area contributed by atoms with Crippen LogP contribution in [0, 0.1) is 5.92 Å². The largest absolute Gasteiger partial charge is 0.481 e. The molecule has 1 saturated carbocycles. The molecular formula is C12H14O2. The molecule has 1 aliphatic carbocycles. The van der Waals surface area contributed by atoms with Gasteiger partial charge < -0.3 is 5.11 Å². The highest BCUT2D eigenvalue weighted by Crippen LogP contribution is 2.56. The minimum atomic E-state index is -0.657. The van der Waals surface area contributed by atoms with E-state index in [1.807, 2.05) is 30.3 Å². The number of hydrogen-bond donors (Lipinski definition) is 1. The Morgan fingerprint density at radius 1 is 1.50 bits per heavy atom. The second kappa shape index (κ2) is 3.12. The van der Waals surface area contributed by atoms with Crippen LogP contribution in [0.15, 0.2) is 30.3 Å². The van der Waals surface area contributed by atoms with Gasteiger partial charge in [-0.3, -0.25) is 4.79 Å². The van der Waals surface area contributed by atoms with Gasteiger partial charge in [-0.15, -0.1) is 0 Å². The number of carboxylic acid groups (broad SMARTS) is 1. The van der Waals surface area contributed by atoms with E-state index in [0.29, 0.717) is 0 Å². The van der Waals surface area contributed by atoms with Crippen LogP contribution in [-0.2, 0) is 10.2 Å². The average Bonchev–Trinajstić information content (AvgIpc) is 2.95. The quantitative estimate of drug-likeness (QED) is 0.794. The third-order valence-electron chi connectivity index (χ3n) is 3.35. The lowest BCUT2D eigenvalue weighted by Crippen LogP contribution is -2.13. The lowest BCUT2D eigenvalue weighted by Gasteiger charge is -2.13. The number of carbonyl (C=O) groups is 1. The van der Waals surface area contributed by atoms with Gasteiger partial charge in [-0.05, 0) is 18.4 Å². The van der Waals surface area contributed by atoms with Gasteiger partial charge in [0, 0.05) is 5.41 Å². The molecule has 0 saturated heterocycles. The zero-order chi connectivity index (χ0) is 10.2. The van der Waals surface area contributed by atoms with E-state index in [4.69, 9.17) is 5.11 Å². The molecule has 74 valence electrons. The van der Waals surface area contributed by atoms with E-state index in [9.17, 15) is 4.79 Å². The van der Waals surface area contributed by atoms with Crippen molar-refractivity contribution < 1.29 is 9.90 Å². The number of aliphatic carboxylic acids is 1. The molecule has 0 heterocycles. The van der Waals surface area contributed by atoms with Crippen LogP contribution >= 0.6 is 0 Å². The maximum Gasteiger partial charge on any atom is 0.307 e. The Kier molecular flexibility index (Phi) is 2.06. The van der Waals surface area contributed by atoms with Crippen molar-refractivity contribution in [3.8, 4) is 0 Å². The van der Waals surface area contributed by atoms with Crippen LogP contribution in [0.25, 0.3) is 0 Å². The fourth-order valence-corrected chi connectivity index (χ4v) is 2.31. The highest BCUT2D eigenvalue weighted by molar-refractivity contribution is 5.77. The first kappa shape index (κ1) is 9.25. The number of benzene rings is 1. The van der Waals surface area contributed by atoms with Crippen molar-refractivity contribution in [1.29, 1.82) is 0 Å². The summed E-state index contributed by atoms with van der Waals surface area (Å²) in [7, 11) is 0. The number of carboxylic acids is 1. The van der Waals surface area contributed by atoms with Gasteiger partial charge in [0.1, 0.15) is 0 Å². The molecule has 14 heavy (non-hydrogen) atoms. The van der Waals surface area contributed by atoms with E-state index in [2.05, 4.69) is 6.92 Å². The lowest BCUT2D eigenvalue weighted by atomic mass is 9.90. The fourth-order valence-electron chi connectivity index (χ4n) is 2.31. The zero-order valence-electron chi connectivity index (χ0n) is 8.23. The zero-order valence-corrected chi connectivity index (χ0v) is 8.23. The summed E-state index contributed by atoms with van der Waals surface area (Å²) in [5.74, 6) is -0.828. The van der Waals surface area contributed by atoms with Crippen molar-refractivity contribution >= 4 is 5.97 Å². The van der Waals surface area contributed by atoms with Crippen LogP contribution in [-0.4, -0.2) is 11.1 Å². The standard InChI is InChI=1S/C12H14O2/c1-2-12(8-10(12)11(13)14)9-6-4-3-5-7-9/h3-7,10H,2,8H2,1H3,(H,13,14). The highest BCUT2D eigenvalue weighted by Gasteiger charge is 2.57.